The minimum Gasteiger partial charge on any atom is -0.462 e. The predicted octanol–water partition coefficient (Wildman–Crippen LogP) is 3.16. The molecule has 2 aromatic rings. The molecule has 9 heteroatoms. The van der Waals surface area contributed by atoms with Crippen LogP contribution in [0, 0.1) is 0 Å². The lowest BCUT2D eigenvalue weighted by Gasteiger charge is -2.07. The molecular weight excluding hydrogens is 402 g/mol. The molecule has 7 nitrogen and oxygen atoms in total. The molecule has 2 N–H and O–H groups in total. The van der Waals surface area contributed by atoms with E-state index < -0.39 is 17.8 Å². The monoisotopic (exact) mass is 419 g/mol. The number of ether oxygens (including phenoxy) is 1. The summed E-state index contributed by atoms with van der Waals surface area (Å²) in [4.78, 5) is 37.6. The highest BCUT2D eigenvalue weighted by Crippen LogP contribution is 2.39. The van der Waals surface area contributed by atoms with Gasteiger partial charge in [0.15, 0.2) is 0 Å². The lowest BCUT2D eigenvalue weighted by Crippen LogP contribution is -2.32. The second-order valence-electron chi connectivity index (χ2n) is 5.96. The van der Waals surface area contributed by atoms with E-state index in [1.54, 1.807) is 31.2 Å². The van der Waals surface area contributed by atoms with Crippen molar-refractivity contribution in [3.8, 4) is 0 Å². The number of halogens is 1. The third kappa shape index (κ3) is 4.40. The van der Waals surface area contributed by atoms with Gasteiger partial charge in [-0.05, 0) is 37.8 Å². The SMILES string of the molecule is CCOC(=O)c1c(NC(=O)C(=O)NN=Cc2ccccc2Cl)sc2c1CCC2. The molecule has 28 heavy (non-hydrogen) atoms. The number of benzene rings is 1. The molecule has 1 aromatic carbocycles. The normalized spacial score (nSPS) is 12.6. The Morgan fingerprint density at radius 2 is 2.04 bits per heavy atom. The Bertz CT molecular complexity index is 955. The molecule has 0 unspecified atom stereocenters. The third-order valence-electron chi connectivity index (χ3n) is 4.11. The van der Waals surface area contributed by atoms with E-state index in [9.17, 15) is 14.4 Å². The molecule has 0 spiro atoms. The molecule has 146 valence electrons. The Balaban J connectivity index is 1.68. The number of aryl methyl sites for hydroxylation is 1. The van der Waals surface area contributed by atoms with Crippen molar-refractivity contribution in [2.24, 2.45) is 5.10 Å². The van der Waals surface area contributed by atoms with Crippen LogP contribution < -0.4 is 10.7 Å². The van der Waals surface area contributed by atoms with Gasteiger partial charge in [-0.15, -0.1) is 11.3 Å². The first-order valence-corrected chi connectivity index (χ1v) is 9.91. The van der Waals surface area contributed by atoms with Crippen LogP contribution in [0.15, 0.2) is 29.4 Å². The topological polar surface area (TPSA) is 96.9 Å². The third-order valence-corrected chi connectivity index (χ3v) is 5.66. The lowest BCUT2D eigenvalue weighted by molar-refractivity contribution is -0.136. The van der Waals surface area contributed by atoms with Crippen LogP contribution >= 0.6 is 22.9 Å². The molecule has 0 radical (unpaired) electrons. The molecule has 0 fully saturated rings. The zero-order chi connectivity index (χ0) is 20.1. The standard InChI is InChI=1S/C19H18ClN3O4S/c1-2-27-19(26)15-12-7-5-9-14(12)28-18(15)22-16(24)17(25)23-21-10-11-6-3-4-8-13(11)20/h3-4,6,8,10H,2,5,7,9H2,1H3,(H,22,24)(H,23,25). The Morgan fingerprint density at radius 1 is 1.25 bits per heavy atom. The fraction of sp³-hybridized carbons (Fsp3) is 0.263. The summed E-state index contributed by atoms with van der Waals surface area (Å²) in [5.41, 5.74) is 4.00. The molecule has 1 heterocycles. The number of fused-ring (bicyclic) bond motifs is 1. The zero-order valence-electron chi connectivity index (χ0n) is 15.1. The van der Waals surface area contributed by atoms with Crippen molar-refractivity contribution in [3.05, 3.63) is 50.9 Å². The van der Waals surface area contributed by atoms with Crippen molar-refractivity contribution in [2.75, 3.05) is 11.9 Å². The molecule has 1 aliphatic rings. The highest BCUT2D eigenvalue weighted by Gasteiger charge is 2.29. The molecule has 3 rings (SSSR count). The quantitative estimate of drug-likeness (QED) is 0.336. The molecule has 1 aliphatic carbocycles. The van der Waals surface area contributed by atoms with Gasteiger partial charge < -0.3 is 10.1 Å². The first kappa shape index (κ1) is 20.0. The number of thiophene rings is 1. The van der Waals surface area contributed by atoms with Crippen LogP contribution in [0.2, 0.25) is 5.02 Å². The molecule has 0 saturated carbocycles. The van der Waals surface area contributed by atoms with Crippen molar-refractivity contribution in [2.45, 2.75) is 26.2 Å². The largest absolute Gasteiger partial charge is 0.462 e. The second kappa shape index (κ2) is 8.99. The van der Waals surface area contributed by atoms with Crippen molar-refractivity contribution in [3.63, 3.8) is 0 Å². The Morgan fingerprint density at radius 3 is 2.79 bits per heavy atom. The fourth-order valence-electron chi connectivity index (χ4n) is 2.86. The van der Waals surface area contributed by atoms with E-state index in [-0.39, 0.29) is 6.61 Å². The van der Waals surface area contributed by atoms with Crippen LogP contribution in [-0.2, 0) is 27.2 Å². The van der Waals surface area contributed by atoms with Crippen LogP contribution in [0.5, 0.6) is 0 Å². The van der Waals surface area contributed by atoms with Gasteiger partial charge in [0.2, 0.25) is 0 Å². The molecule has 0 atom stereocenters. The van der Waals surface area contributed by atoms with E-state index in [1.807, 2.05) is 0 Å². The average molecular weight is 420 g/mol. The van der Waals surface area contributed by atoms with E-state index in [0.717, 1.165) is 29.7 Å². The van der Waals surface area contributed by atoms with Crippen molar-refractivity contribution in [1.29, 1.82) is 0 Å². The number of hydrogen-bond acceptors (Lipinski definition) is 6. The molecule has 0 aliphatic heterocycles. The first-order chi connectivity index (χ1) is 13.5. The van der Waals surface area contributed by atoms with Crippen LogP contribution in [-0.4, -0.2) is 30.6 Å². The van der Waals surface area contributed by atoms with E-state index in [0.29, 0.717) is 21.2 Å². The van der Waals surface area contributed by atoms with Crippen LogP contribution in [0.4, 0.5) is 5.00 Å². The van der Waals surface area contributed by atoms with E-state index in [2.05, 4.69) is 15.8 Å². The van der Waals surface area contributed by atoms with E-state index in [4.69, 9.17) is 16.3 Å². The van der Waals surface area contributed by atoms with Crippen molar-refractivity contribution >= 4 is 51.9 Å². The van der Waals surface area contributed by atoms with Gasteiger partial charge in [0.25, 0.3) is 0 Å². The highest BCUT2D eigenvalue weighted by molar-refractivity contribution is 7.17. The summed E-state index contributed by atoms with van der Waals surface area (Å²) in [6.45, 7) is 1.95. The number of nitrogens with zero attached hydrogens (tertiary/aromatic N) is 1. The van der Waals surface area contributed by atoms with Crippen molar-refractivity contribution in [1.82, 2.24) is 5.43 Å². The lowest BCUT2D eigenvalue weighted by atomic mass is 10.1. The van der Waals surface area contributed by atoms with Gasteiger partial charge in [0.05, 0.1) is 18.4 Å². The minimum atomic E-state index is -0.952. The van der Waals surface area contributed by atoms with Crippen LogP contribution in [0.1, 0.15) is 39.7 Å². The number of esters is 1. The Labute approximate surface area is 170 Å². The summed E-state index contributed by atoms with van der Waals surface area (Å²) in [6, 6.07) is 6.95. The maximum absolute atomic E-state index is 12.3. The summed E-state index contributed by atoms with van der Waals surface area (Å²) in [6.07, 6.45) is 3.90. The number of carbonyl (C=O) groups is 3. The summed E-state index contributed by atoms with van der Waals surface area (Å²) >= 11 is 7.30. The number of hydrazone groups is 1. The zero-order valence-corrected chi connectivity index (χ0v) is 16.7. The minimum absolute atomic E-state index is 0.230. The van der Waals surface area contributed by atoms with E-state index >= 15 is 0 Å². The number of anilines is 1. The molecule has 0 saturated heterocycles. The van der Waals surface area contributed by atoms with Gasteiger partial charge in [-0.2, -0.15) is 5.10 Å². The summed E-state index contributed by atoms with van der Waals surface area (Å²) in [5.74, 6) is -2.36. The van der Waals surface area contributed by atoms with Gasteiger partial charge >= 0.3 is 17.8 Å². The fourth-order valence-corrected chi connectivity index (χ4v) is 4.32. The van der Waals surface area contributed by atoms with Crippen molar-refractivity contribution < 1.29 is 19.1 Å². The second-order valence-corrected chi connectivity index (χ2v) is 7.47. The Kier molecular flexibility index (Phi) is 6.43. The van der Waals surface area contributed by atoms with Crippen LogP contribution in [0.25, 0.3) is 0 Å². The maximum atomic E-state index is 12.3. The summed E-state index contributed by atoms with van der Waals surface area (Å²) in [7, 11) is 0. The summed E-state index contributed by atoms with van der Waals surface area (Å²) in [5, 5.41) is 7.05. The number of nitrogens with one attached hydrogen (secondary N) is 2. The number of rotatable bonds is 5. The smallest absolute Gasteiger partial charge is 0.341 e. The van der Waals surface area contributed by atoms with Gasteiger partial charge in [-0.25, -0.2) is 10.2 Å². The molecular formula is C19H18ClN3O4S. The van der Waals surface area contributed by atoms with E-state index in [1.165, 1.54) is 17.6 Å². The summed E-state index contributed by atoms with van der Waals surface area (Å²) < 4.78 is 5.10. The highest BCUT2D eigenvalue weighted by atomic mass is 35.5. The maximum Gasteiger partial charge on any atom is 0.341 e. The average Bonchev–Trinajstić information content (AvgIpc) is 3.24. The van der Waals surface area contributed by atoms with Gasteiger partial charge in [0.1, 0.15) is 5.00 Å². The van der Waals surface area contributed by atoms with Gasteiger partial charge in [0, 0.05) is 15.5 Å². The Hall–Kier alpha value is -2.71. The first-order valence-electron chi connectivity index (χ1n) is 8.71. The van der Waals surface area contributed by atoms with Gasteiger partial charge in [-0.3, -0.25) is 9.59 Å². The van der Waals surface area contributed by atoms with Crippen LogP contribution in [0.3, 0.4) is 0 Å². The number of hydrogen-bond donors (Lipinski definition) is 2. The molecule has 1 aromatic heterocycles. The molecule has 0 bridgehead atoms. The number of amides is 2. The molecule has 2 amide bonds. The number of carbonyl (C=O) groups excluding carboxylic acids is 3. The predicted molar refractivity (Wildman–Crippen MR) is 108 cm³/mol. The van der Waals surface area contributed by atoms with Gasteiger partial charge in [-0.1, -0.05) is 29.8 Å².